The van der Waals surface area contributed by atoms with Crippen LogP contribution in [0.25, 0.3) is 0 Å². The van der Waals surface area contributed by atoms with Gasteiger partial charge in [-0.1, -0.05) is 62.3 Å². The molecule has 1 rings (SSSR count). The van der Waals surface area contributed by atoms with Gasteiger partial charge >= 0.3 is 0 Å². The van der Waals surface area contributed by atoms with Crippen molar-refractivity contribution in [1.82, 2.24) is 0 Å². The first-order valence-electron chi connectivity index (χ1n) is 11.0. The molecule has 0 aromatic heterocycles. The Morgan fingerprint density at radius 2 is 1.42 bits per heavy atom. The Morgan fingerprint density at radius 1 is 0.935 bits per heavy atom. The maximum Gasteiger partial charge on any atom is 0.298 e. The lowest BCUT2D eigenvalue weighted by atomic mass is 9.56. The van der Waals surface area contributed by atoms with Gasteiger partial charge in [-0.2, -0.15) is 8.42 Å². The zero-order valence-corrected chi connectivity index (χ0v) is 22.4. The molecule has 1 atom stereocenters. The van der Waals surface area contributed by atoms with Crippen LogP contribution in [0.3, 0.4) is 0 Å². The maximum atomic E-state index is 12.3. The molecule has 0 saturated heterocycles. The number of aromatic hydroxyl groups is 1. The minimum atomic E-state index is -4.65. The number of hydrogen-bond acceptors (Lipinski definition) is 4. The summed E-state index contributed by atoms with van der Waals surface area (Å²) >= 11 is 0. The number of benzene rings is 1. The number of phenolic OH excluding ortho intramolecular Hbond substituents is 1. The standard InChI is InChI=1S/C25H44O5S/c1-15(2)13-24(8,9)22(25(10,11)14-23(5,6)7)18-16(3)20(30-12)17(4)21(19(18)26)31(27,28)29/h15,22,26H,13-14H2,1-12H3,(H,27,28,29). The molecule has 31 heavy (non-hydrogen) atoms. The van der Waals surface area contributed by atoms with E-state index in [1.165, 1.54) is 7.11 Å². The number of ether oxygens (including phenoxy) is 1. The molecule has 5 nitrogen and oxygen atoms in total. The quantitative estimate of drug-likeness (QED) is 0.416. The van der Waals surface area contributed by atoms with Crippen LogP contribution in [-0.2, 0) is 10.1 Å². The average molecular weight is 457 g/mol. The maximum absolute atomic E-state index is 12.3. The van der Waals surface area contributed by atoms with E-state index < -0.39 is 15.0 Å². The van der Waals surface area contributed by atoms with Gasteiger partial charge in [0.25, 0.3) is 10.1 Å². The molecule has 1 aromatic carbocycles. The summed E-state index contributed by atoms with van der Waals surface area (Å²) in [5.74, 6) is 0.259. The molecule has 0 heterocycles. The van der Waals surface area contributed by atoms with E-state index in [1.807, 2.05) is 6.92 Å². The van der Waals surface area contributed by atoms with E-state index in [9.17, 15) is 18.1 Å². The number of rotatable bonds is 8. The van der Waals surface area contributed by atoms with Gasteiger partial charge in [-0.05, 0) is 60.3 Å². The van der Waals surface area contributed by atoms with Gasteiger partial charge in [-0.15, -0.1) is 0 Å². The third-order valence-corrected chi connectivity index (χ3v) is 7.15. The molecule has 0 radical (unpaired) electrons. The predicted molar refractivity (Wildman–Crippen MR) is 128 cm³/mol. The van der Waals surface area contributed by atoms with Crippen LogP contribution in [0.15, 0.2) is 4.90 Å². The minimum absolute atomic E-state index is 0.0276. The average Bonchev–Trinajstić information content (AvgIpc) is 2.45. The van der Waals surface area contributed by atoms with Crippen molar-refractivity contribution in [2.24, 2.45) is 22.2 Å². The smallest absolute Gasteiger partial charge is 0.298 e. The van der Waals surface area contributed by atoms with Crippen LogP contribution in [0.1, 0.15) is 97.8 Å². The van der Waals surface area contributed by atoms with Crippen LogP contribution in [0.5, 0.6) is 11.5 Å². The van der Waals surface area contributed by atoms with Gasteiger partial charge in [0.15, 0.2) is 0 Å². The molecular weight excluding hydrogens is 412 g/mol. The zero-order valence-electron chi connectivity index (χ0n) is 21.6. The summed E-state index contributed by atoms with van der Waals surface area (Å²) < 4.78 is 40.1. The second-order valence-electron chi connectivity index (χ2n) is 12.1. The van der Waals surface area contributed by atoms with Crippen molar-refractivity contribution in [2.45, 2.75) is 99.8 Å². The molecule has 0 aliphatic heterocycles. The van der Waals surface area contributed by atoms with Crippen LogP contribution >= 0.6 is 0 Å². The van der Waals surface area contributed by atoms with Gasteiger partial charge in [-0.25, -0.2) is 0 Å². The van der Waals surface area contributed by atoms with Gasteiger partial charge < -0.3 is 9.84 Å². The van der Waals surface area contributed by atoms with E-state index >= 15 is 0 Å². The monoisotopic (exact) mass is 456 g/mol. The summed E-state index contributed by atoms with van der Waals surface area (Å²) in [5, 5.41) is 11.3. The minimum Gasteiger partial charge on any atom is -0.506 e. The Hall–Kier alpha value is -1.27. The Balaban J connectivity index is 4.14. The summed E-state index contributed by atoms with van der Waals surface area (Å²) in [4.78, 5) is -0.457. The molecule has 0 aliphatic rings. The Bertz CT molecular complexity index is 903. The summed E-state index contributed by atoms with van der Waals surface area (Å²) in [7, 11) is -3.16. The first kappa shape index (κ1) is 27.8. The molecule has 0 saturated carbocycles. The summed E-state index contributed by atoms with van der Waals surface area (Å²) in [5.41, 5.74) is 0.971. The molecule has 2 N–H and O–H groups in total. The third kappa shape index (κ3) is 6.16. The molecule has 0 amide bonds. The van der Waals surface area contributed by atoms with Gasteiger partial charge in [0, 0.05) is 11.1 Å². The number of methoxy groups -OCH3 is 1. The summed E-state index contributed by atoms with van der Waals surface area (Å²) in [6.07, 6.45) is 1.75. The largest absolute Gasteiger partial charge is 0.506 e. The lowest BCUT2D eigenvalue weighted by molar-refractivity contribution is 0.0764. The normalized spacial score (nSPS) is 14.8. The van der Waals surface area contributed by atoms with Crippen LogP contribution in [0.4, 0.5) is 0 Å². The molecule has 0 bridgehead atoms. The second kappa shape index (κ2) is 8.93. The topological polar surface area (TPSA) is 83.8 Å². The number of phenols is 1. The highest BCUT2D eigenvalue weighted by molar-refractivity contribution is 7.86. The fraction of sp³-hybridized carbons (Fsp3) is 0.760. The molecule has 0 spiro atoms. The second-order valence-corrected chi connectivity index (χ2v) is 13.5. The van der Waals surface area contributed by atoms with Crippen molar-refractivity contribution in [3.63, 3.8) is 0 Å². The van der Waals surface area contributed by atoms with Crippen molar-refractivity contribution in [1.29, 1.82) is 0 Å². The van der Waals surface area contributed by atoms with Crippen LogP contribution in [0, 0.1) is 36.0 Å². The highest BCUT2D eigenvalue weighted by atomic mass is 32.2. The molecule has 6 heteroatoms. The van der Waals surface area contributed by atoms with Crippen LogP contribution in [0.2, 0.25) is 0 Å². The lowest BCUT2D eigenvalue weighted by Gasteiger charge is -2.49. The van der Waals surface area contributed by atoms with Crippen molar-refractivity contribution in [3.8, 4) is 11.5 Å². The zero-order chi connectivity index (χ0) is 24.7. The Labute approximate surface area is 190 Å². The van der Waals surface area contributed by atoms with E-state index in [2.05, 4.69) is 62.3 Å². The van der Waals surface area contributed by atoms with E-state index in [1.54, 1.807) is 6.92 Å². The van der Waals surface area contributed by atoms with E-state index in [-0.39, 0.29) is 33.5 Å². The fourth-order valence-corrected chi connectivity index (χ4v) is 7.27. The van der Waals surface area contributed by atoms with Gasteiger partial charge in [0.2, 0.25) is 0 Å². The van der Waals surface area contributed by atoms with Gasteiger partial charge in [0.05, 0.1) is 7.11 Å². The van der Waals surface area contributed by atoms with Crippen molar-refractivity contribution >= 4 is 10.1 Å². The number of hydrogen-bond donors (Lipinski definition) is 2. The highest BCUT2D eigenvalue weighted by Crippen LogP contribution is 2.58. The van der Waals surface area contributed by atoms with E-state index in [0.29, 0.717) is 22.8 Å². The predicted octanol–water partition coefficient (Wildman–Crippen LogP) is 6.88. The lowest BCUT2D eigenvalue weighted by Crippen LogP contribution is -2.38. The third-order valence-electron chi connectivity index (χ3n) is 6.13. The van der Waals surface area contributed by atoms with Crippen LogP contribution < -0.4 is 4.74 Å². The van der Waals surface area contributed by atoms with Crippen molar-refractivity contribution < 1.29 is 22.8 Å². The highest BCUT2D eigenvalue weighted by Gasteiger charge is 2.47. The summed E-state index contributed by atoms with van der Waals surface area (Å²) in [6, 6.07) is 0. The van der Waals surface area contributed by atoms with E-state index in [0.717, 1.165) is 12.8 Å². The van der Waals surface area contributed by atoms with Gasteiger partial charge in [-0.3, -0.25) is 4.55 Å². The molecular formula is C25H44O5S. The molecule has 1 aromatic rings. The SMILES string of the molecule is COc1c(C)c(C(C(C)(C)CC(C)C)C(C)(C)CC(C)(C)C)c(O)c(S(=O)(=O)O)c1C. The molecule has 1 unspecified atom stereocenters. The molecule has 180 valence electrons. The Kier molecular flexibility index (Phi) is 8.00. The fourth-order valence-electron chi connectivity index (χ4n) is 6.44. The first-order chi connectivity index (χ1) is 13.7. The molecule has 0 aliphatic carbocycles. The summed E-state index contributed by atoms with van der Waals surface area (Å²) in [6.45, 7) is 23.0. The van der Waals surface area contributed by atoms with Crippen LogP contribution in [-0.4, -0.2) is 25.2 Å². The van der Waals surface area contributed by atoms with Crippen molar-refractivity contribution in [2.75, 3.05) is 7.11 Å². The van der Waals surface area contributed by atoms with Gasteiger partial charge in [0.1, 0.15) is 16.4 Å². The molecule has 0 fully saturated rings. The Morgan fingerprint density at radius 3 is 1.77 bits per heavy atom. The first-order valence-corrected chi connectivity index (χ1v) is 12.5. The van der Waals surface area contributed by atoms with E-state index in [4.69, 9.17) is 4.74 Å². The van der Waals surface area contributed by atoms with Crippen molar-refractivity contribution in [3.05, 3.63) is 16.7 Å².